The molecule has 0 spiro atoms. The molecule has 0 atom stereocenters. The van der Waals surface area contributed by atoms with E-state index in [1.807, 2.05) is 0 Å². The number of ether oxygens (including phenoxy) is 1. The maximum Gasteiger partial charge on any atom is 0.246 e. The van der Waals surface area contributed by atoms with Crippen LogP contribution in [0.2, 0.25) is 0 Å². The Hall–Kier alpha value is -2.71. The largest absolute Gasteiger partial charge is 0.495 e. The summed E-state index contributed by atoms with van der Waals surface area (Å²) in [6, 6.07) is 11.2. The predicted octanol–water partition coefficient (Wildman–Crippen LogP) is 3.38. The van der Waals surface area contributed by atoms with Crippen LogP contribution in [0, 0.1) is 5.82 Å². The number of methoxy groups -OCH3 is 1. The zero-order chi connectivity index (χ0) is 22.3. The van der Waals surface area contributed by atoms with Gasteiger partial charge in [0.1, 0.15) is 16.5 Å². The normalized spacial score (nSPS) is 15.2. The molecule has 31 heavy (non-hydrogen) atoms. The molecule has 1 saturated heterocycles. The van der Waals surface area contributed by atoms with Crippen molar-refractivity contribution in [1.82, 2.24) is 9.62 Å². The second-order valence-corrected chi connectivity index (χ2v) is 9.25. The smallest absolute Gasteiger partial charge is 0.246 e. The summed E-state index contributed by atoms with van der Waals surface area (Å²) in [4.78, 5) is 12.2. The molecule has 8 heteroatoms. The molecule has 1 amide bonds. The average molecular weight is 447 g/mol. The van der Waals surface area contributed by atoms with Crippen molar-refractivity contribution in [3.05, 3.63) is 65.5 Å². The van der Waals surface area contributed by atoms with E-state index < -0.39 is 10.0 Å². The fourth-order valence-corrected chi connectivity index (χ4v) is 5.20. The van der Waals surface area contributed by atoms with Gasteiger partial charge in [-0.3, -0.25) is 4.79 Å². The van der Waals surface area contributed by atoms with E-state index in [1.165, 1.54) is 29.6 Å². The SMILES string of the molecule is COc1ccc(/C=C/C(=O)NCCc2ccccc2F)cc1S(=O)(=O)N1CCCCC1. The standard InChI is InChI=1S/C23H27FN2O4S/c1-30-21-11-9-18(17-22(21)31(28,29)26-15-5-2-6-16-26)10-12-23(27)25-14-13-19-7-3-4-8-20(19)24/h3-4,7-12,17H,2,5-6,13-16H2,1H3,(H,25,27)/b12-10+. The minimum atomic E-state index is -3.68. The Morgan fingerprint density at radius 3 is 2.61 bits per heavy atom. The van der Waals surface area contributed by atoms with Gasteiger partial charge in [0.05, 0.1) is 7.11 Å². The van der Waals surface area contributed by atoms with Gasteiger partial charge in [0.15, 0.2) is 0 Å². The maximum atomic E-state index is 13.6. The van der Waals surface area contributed by atoms with E-state index in [4.69, 9.17) is 4.74 Å². The molecule has 6 nitrogen and oxygen atoms in total. The molecule has 1 fully saturated rings. The molecule has 2 aromatic carbocycles. The Morgan fingerprint density at radius 1 is 1.16 bits per heavy atom. The fraction of sp³-hybridized carbons (Fsp3) is 0.348. The number of hydrogen-bond acceptors (Lipinski definition) is 4. The summed E-state index contributed by atoms with van der Waals surface area (Å²) in [6.45, 7) is 1.28. The second-order valence-electron chi connectivity index (χ2n) is 7.34. The van der Waals surface area contributed by atoms with Gasteiger partial charge in [-0.15, -0.1) is 0 Å². The third-order valence-corrected chi connectivity index (χ3v) is 7.12. The lowest BCUT2D eigenvalue weighted by Gasteiger charge is -2.26. The lowest BCUT2D eigenvalue weighted by atomic mass is 10.1. The molecule has 1 aliphatic rings. The highest BCUT2D eigenvalue weighted by Crippen LogP contribution is 2.29. The molecule has 0 radical (unpaired) electrons. The summed E-state index contributed by atoms with van der Waals surface area (Å²) >= 11 is 0. The molecular weight excluding hydrogens is 419 g/mol. The summed E-state index contributed by atoms with van der Waals surface area (Å²) in [5, 5.41) is 2.70. The van der Waals surface area contributed by atoms with Crippen molar-refractivity contribution in [2.75, 3.05) is 26.7 Å². The van der Waals surface area contributed by atoms with Gasteiger partial charge in [-0.1, -0.05) is 30.7 Å². The molecule has 2 aromatic rings. The number of carbonyl (C=O) groups excluding carboxylic acids is 1. The van der Waals surface area contributed by atoms with E-state index in [1.54, 1.807) is 36.4 Å². The molecule has 1 aliphatic heterocycles. The van der Waals surface area contributed by atoms with Crippen molar-refractivity contribution >= 4 is 22.0 Å². The number of amides is 1. The van der Waals surface area contributed by atoms with Crippen LogP contribution in [0.3, 0.4) is 0 Å². The van der Waals surface area contributed by atoms with Crippen molar-refractivity contribution in [3.63, 3.8) is 0 Å². The van der Waals surface area contributed by atoms with Crippen molar-refractivity contribution < 1.29 is 22.3 Å². The van der Waals surface area contributed by atoms with E-state index in [0.717, 1.165) is 19.3 Å². The number of nitrogens with one attached hydrogen (secondary N) is 1. The topological polar surface area (TPSA) is 75.7 Å². The van der Waals surface area contributed by atoms with Gasteiger partial charge in [0.2, 0.25) is 15.9 Å². The monoisotopic (exact) mass is 446 g/mol. The second kappa shape index (κ2) is 10.5. The summed E-state index contributed by atoms with van der Waals surface area (Å²) in [7, 11) is -2.24. The van der Waals surface area contributed by atoms with Crippen LogP contribution in [-0.4, -0.2) is 45.4 Å². The number of nitrogens with zero attached hydrogens (tertiary/aromatic N) is 1. The third kappa shape index (κ3) is 5.92. The predicted molar refractivity (Wildman–Crippen MR) is 118 cm³/mol. The van der Waals surface area contributed by atoms with Gasteiger partial charge < -0.3 is 10.1 Å². The Bertz CT molecular complexity index is 1050. The highest BCUT2D eigenvalue weighted by molar-refractivity contribution is 7.89. The van der Waals surface area contributed by atoms with E-state index in [2.05, 4.69) is 5.32 Å². The Kier molecular flexibility index (Phi) is 7.81. The molecule has 0 aliphatic carbocycles. The molecular formula is C23H27FN2O4S. The van der Waals surface area contributed by atoms with E-state index in [-0.39, 0.29) is 22.4 Å². The van der Waals surface area contributed by atoms with Crippen molar-refractivity contribution in [2.24, 2.45) is 0 Å². The fourth-order valence-electron chi connectivity index (χ4n) is 3.50. The summed E-state index contributed by atoms with van der Waals surface area (Å²) < 4.78 is 46.5. The van der Waals surface area contributed by atoms with Crippen molar-refractivity contribution in [1.29, 1.82) is 0 Å². The van der Waals surface area contributed by atoms with E-state index in [0.29, 0.717) is 37.2 Å². The number of carbonyl (C=O) groups is 1. The third-order valence-electron chi connectivity index (χ3n) is 5.20. The Labute approximate surface area is 182 Å². The number of hydrogen-bond donors (Lipinski definition) is 1. The van der Waals surface area contributed by atoms with Crippen LogP contribution in [0.1, 0.15) is 30.4 Å². The van der Waals surface area contributed by atoms with Crippen molar-refractivity contribution in [2.45, 2.75) is 30.6 Å². The first-order valence-electron chi connectivity index (χ1n) is 10.3. The van der Waals surface area contributed by atoms with Gasteiger partial charge in [-0.05, 0) is 54.7 Å². The number of piperidine rings is 1. The van der Waals surface area contributed by atoms with Crippen LogP contribution in [-0.2, 0) is 21.2 Å². The average Bonchev–Trinajstić information content (AvgIpc) is 2.79. The van der Waals surface area contributed by atoms with Crippen LogP contribution in [0.5, 0.6) is 5.75 Å². The Morgan fingerprint density at radius 2 is 1.90 bits per heavy atom. The zero-order valence-corrected chi connectivity index (χ0v) is 18.3. The quantitative estimate of drug-likeness (QED) is 0.631. The molecule has 0 saturated carbocycles. The molecule has 0 aromatic heterocycles. The number of halogens is 1. The molecule has 1 heterocycles. The maximum absolute atomic E-state index is 13.6. The van der Waals surface area contributed by atoms with Gasteiger partial charge in [-0.25, -0.2) is 12.8 Å². The molecule has 0 unspecified atom stereocenters. The van der Waals surface area contributed by atoms with Crippen LogP contribution < -0.4 is 10.1 Å². The summed E-state index contributed by atoms with van der Waals surface area (Å²) in [5.41, 5.74) is 1.11. The Balaban J connectivity index is 1.67. The van der Waals surface area contributed by atoms with E-state index in [9.17, 15) is 17.6 Å². The molecule has 3 rings (SSSR count). The van der Waals surface area contributed by atoms with Gasteiger partial charge >= 0.3 is 0 Å². The first-order chi connectivity index (χ1) is 14.9. The molecule has 166 valence electrons. The first kappa shape index (κ1) is 23.0. The lowest BCUT2D eigenvalue weighted by molar-refractivity contribution is -0.116. The van der Waals surface area contributed by atoms with Crippen LogP contribution >= 0.6 is 0 Å². The summed E-state index contributed by atoms with van der Waals surface area (Å²) in [5.74, 6) is -0.363. The van der Waals surface area contributed by atoms with E-state index >= 15 is 0 Å². The van der Waals surface area contributed by atoms with Crippen LogP contribution in [0.4, 0.5) is 4.39 Å². The summed E-state index contributed by atoms with van der Waals surface area (Å²) in [6.07, 6.45) is 5.97. The first-order valence-corrected chi connectivity index (χ1v) is 11.7. The number of sulfonamides is 1. The van der Waals surface area contributed by atoms with Gasteiger partial charge in [0.25, 0.3) is 0 Å². The highest BCUT2D eigenvalue weighted by atomic mass is 32.2. The van der Waals surface area contributed by atoms with Crippen LogP contribution in [0.15, 0.2) is 53.4 Å². The minimum Gasteiger partial charge on any atom is -0.495 e. The lowest BCUT2D eigenvalue weighted by Crippen LogP contribution is -2.35. The van der Waals surface area contributed by atoms with Crippen LogP contribution in [0.25, 0.3) is 6.08 Å². The molecule has 0 bridgehead atoms. The zero-order valence-electron chi connectivity index (χ0n) is 17.5. The minimum absolute atomic E-state index is 0.0963. The van der Waals surface area contributed by atoms with Gasteiger partial charge in [0, 0.05) is 25.7 Å². The van der Waals surface area contributed by atoms with Crippen molar-refractivity contribution in [3.8, 4) is 5.75 Å². The van der Waals surface area contributed by atoms with Gasteiger partial charge in [-0.2, -0.15) is 4.31 Å². The molecule has 1 N–H and O–H groups in total. The number of benzene rings is 2. The number of rotatable bonds is 8. The highest BCUT2D eigenvalue weighted by Gasteiger charge is 2.29.